The van der Waals surface area contributed by atoms with E-state index in [9.17, 15) is 0 Å². The van der Waals surface area contributed by atoms with Crippen molar-refractivity contribution < 1.29 is 0 Å². The first-order chi connectivity index (χ1) is 7.40. The van der Waals surface area contributed by atoms with E-state index in [4.69, 9.17) is 0 Å². The zero-order valence-electron chi connectivity index (χ0n) is 8.44. The minimum Gasteiger partial charge on any atom is -0.235 e. The Hall–Kier alpha value is -2.14. The van der Waals surface area contributed by atoms with Crippen LogP contribution in [0.3, 0.4) is 0 Å². The molecule has 2 rings (SSSR count). The van der Waals surface area contributed by atoms with Gasteiger partial charge in [-0.1, -0.05) is 36.3 Å². The lowest BCUT2D eigenvalue weighted by Gasteiger charge is -1.98. The standard InChI is InChI=1S/C13H10N2/c1-2-6-11-9-14-13(15-10-11)12-7-4-3-5-8-12/h3-5,7-10H,1H3. The van der Waals surface area contributed by atoms with Crippen LogP contribution in [0.25, 0.3) is 11.4 Å². The molecule has 1 aromatic heterocycles. The van der Waals surface area contributed by atoms with Gasteiger partial charge in [0, 0.05) is 18.0 Å². The molecular weight excluding hydrogens is 184 g/mol. The summed E-state index contributed by atoms with van der Waals surface area (Å²) in [5.74, 6) is 6.46. The van der Waals surface area contributed by atoms with E-state index in [-0.39, 0.29) is 0 Å². The number of hydrogen-bond donors (Lipinski definition) is 0. The highest BCUT2D eigenvalue weighted by Gasteiger charge is 1.98. The fraction of sp³-hybridized carbons (Fsp3) is 0.0769. The van der Waals surface area contributed by atoms with Gasteiger partial charge in [0.2, 0.25) is 0 Å². The maximum Gasteiger partial charge on any atom is 0.159 e. The van der Waals surface area contributed by atoms with Crippen molar-refractivity contribution in [1.29, 1.82) is 0 Å². The summed E-state index contributed by atoms with van der Waals surface area (Å²) < 4.78 is 0. The van der Waals surface area contributed by atoms with E-state index < -0.39 is 0 Å². The van der Waals surface area contributed by atoms with Gasteiger partial charge in [0.15, 0.2) is 5.82 Å². The van der Waals surface area contributed by atoms with Crippen LogP contribution in [0, 0.1) is 11.8 Å². The summed E-state index contributed by atoms with van der Waals surface area (Å²) in [5, 5.41) is 0. The Bertz CT molecular complexity index is 490. The van der Waals surface area contributed by atoms with Crippen molar-refractivity contribution in [2.45, 2.75) is 6.92 Å². The van der Waals surface area contributed by atoms with Crippen LogP contribution >= 0.6 is 0 Å². The fourth-order valence-electron chi connectivity index (χ4n) is 1.27. The van der Waals surface area contributed by atoms with Crippen LogP contribution < -0.4 is 0 Å². The zero-order valence-corrected chi connectivity index (χ0v) is 8.44. The number of benzene rings is 1. The van der Waals surface area contributed by atoms with Crippen LogP contribution in [0.4, 0.5) is 0 Å². The molecule has 0 spiro atoms. The van der Waals surface area contributed by atoms with Gasteiger partial charge in [0.1, 0.15) is 0 Å². The quantitative estimate of drug-likeness (QED) is 0.652. The molecule has 15 heavy (non-hydrogen) atoms. The molecule has 0 aliphatic carbocycles. The number of hydrogen-bond acceptors (Lipinski definition) is 2. The van der Waals surface area contributed by atoms with E-state index >= 15 is 0 Å². The molecule has 2 aromatic rings. The second-order valence-electron chi connectivity index (χ2n) is 3.04. The van der Waals surface area contributed by atoms with Crippen molar-refractivity contribution in [2.24, 2.45) is 0 Å². The summed E-state index contributed by atoms with van der Waals surface area (Å²) in [7, 11) is 0. The van der Waals surface area contributed by atoms with Gasteiger partial charge in [-0.25, -0.2) is 9.97 Å². The molecule has 0 radical (unpaired) electrons. The molecule has 0 bridgehead atoms. The topological polar surface area (TPSA) is 25.8 Å². The first kappa shape index (κ1) is 9.42. The maximum absolute atomic E-state index is 4.25. The van der Waals surface area contributed by atoms with E-state index in [1.54, 1.807) is 19.3 Å². The third-order valence-corrected chi connectivity index (χ3v) is 1.95. The third kappa shape index (κ3) is 2.21. The van der Waals surface area contributed by atoms with Crippen LogP contribution in [0.1, 0.15) is 12.5 Å². The SMILES string of the molecule is CC#Cc1cnc(-c2ccccc2)nc1. The molecule has 1 heterocycles. The Morgan fingerprint density at radius 3 is 2.27 bits per heavy atom. The highest BCUT2D eigenvalue weighted by molar-refractivity contribution is 5.54. The average Bonchev–Trinajstić information content (AvgIpc) is 2.32. The highest BCUT2D eigenvalue weighted by Crippen LogP contribution is 2.12. The first-order valence-corrected chi connectivity index (χ1v) is 4.70. The Kier molecular flexibility index (Phi) is 2.75. The lowest BCUT2D eigenvalue weighted by Crippen LogP contribution is -1.89. The number of nitrogens with zero attached hydrogens (tertiary/aromatic N) is 2. The summed E-state index contributed by atoms with van der Waals surface area (Å²) in [6.07, 6.45) is 3.48. The molecule has 72 valence electrons. The minimum atomic E-state index is 0.734. The van der Waals surface area contributed by atoms with Crippen LogP contribution in [0.5, 0.6) is 0 Å². The number of aromatic nitrogens is 2. The largest absolute Gasteiger partial charge is 0.235 e. The summed E-state index contributed by atoms with van der Waals surface area (Å²) in [6, 6.07) is 9.89. The van der Waals surface area contributed by atoms with E-state index in [2.05, 4.69) is 21.8 Å². The Labute approximate surface area is 89.0 Å². The van der Waals surface area contributed by atoms with Gasteiger partial charge in [-0.2, -0.15) is 0 Å². The van der Waals surface area contributed by atoms with Gasteiger partial charge < -0.3 is 0 Å². The molecule has 0 aliphatic heterocycles. The molecule has 0 saturated carbocycles. The molecule has 2 nitrogen and oxygen atoms in total. The fourth-order valence-corrected chi connectivity index (χ4v) is 1.27. The molecule has 0 unspecified atom stereocenters. The van der Waals surface area contributed by atoms with Gasteiger partial charge in [-0.05, 0) is 6.92 Å². The maximum atomic E-state index is 4.25. The van der Waals surface area contributed by atoms with Crippen molar-refractivity contribution in [1.82, 2.24) is 9.97 Å². The van der Waals surface area contributed by atoms with Crippen LogP contribution in [0.15, 0.2) is 42.7 Å². The molecule has 2 heteroatoms. The lowest BCUT2D eigenvalue weighted by atomic mass is 10.2. The van der Waals surface area contributed by atoms with Gasteiger partial charge in [-0.3, -0.25) is 0 Å². The lowest BCUT2D eigenvalue weighted by molar-refractivity contribution is 1.16. The molecule has 1 aromatic carbocycles. The van der Waals surface area contributed by atoms with Gasteiger partial charge in [-0.15, -0.1) is 5.92 Å². The van der Waals surface area contributed by atoms with E-state index in [0.29, 0.717) is 0 Å². The van der Waals surface area contributed by atoms with Crippen molar-refractivity contribution in [2.75, 3.05) is 0 Å². The molecule has 0 aliphatic rings. The van der Waals surface area contributed by atoms with Gasteiger partial charge in [0.05, 0.1) is 5.56 Å². The Balaban J connectivity index is 2.35. The van der Waals surface area contributed by atoms with E-state index in [1.165, 1.54) is 0 Å². The monoisotopic (exact) mass is 194 g/mol. The second kappa shape index (κ2) is 4.39. The third-order valence-electron chi connectivity index (χ3n) is 1.95. The normalized spacial score (nSPS) is 9.13. The van der Waals surface area contributed by atoms with Crippen LogP contribution in [-0.4, -0.2) is 9.97 Å². The summed E-state index contributed by atoms with van der Waals surface area (Å²) in [4.78, 5) is 8.51. The number of rotatable bonds is 1. The highest BCUT2D eigenvalue weighted by atomic mass is 14.9. The first-order valence-electron chi connectivity index (χ1n) is 4.70. The van der Waals surface area contributed by atoms with Crippen molar-refractivity contribution >= 4 is 0 Å². The second-order valence-corrected chi connectivity index (χ2v) is 3.04. The van der Waals surface area contributed by atoms with Crippen molar-refractivity contribution in [3.05, 3.63) is 48.3 Å². The predicted molar refractivity (Wildman–Crippen MR) is 60.0 cm³/mol. The summed E-state index contributed by atoms with van der Waals surface area (Å²) >= 11 is 0. The van der Waals surface area contributed by atoms with Crippen LogP contribution in [0.2, 0.25) is 0 Å². The van der Waals surface area contributed by atoms with Crippen molar-refractivity contribution in [3.8, 4) is 23.2 Å². The summed E-state index contributed by atoms with van der Waals surface area (Å²) in [6.45, 7) is 1.80. The van der Waals surface area contributed by atoms with E-state index in [0.717, 1.165) is 17.0 Å². The molecule has 0 fully saturated rings. The molecular formula is C13H10N2. The van der Waals surface area contributed by atoms with Crippen molar-refractivity contribution in [3.63, 3.8) is 0 Å². The Morgan fingerprint density at radius 2 is 1.67 bits per heavy atom. The van der Waals surface area contributed by atoms with Gasteiger partial charge >= 0.3 is 0 Å². The minimum absolute atomic E-state index is 0.734. The molecule has 0 saturated heterocycles. The molecule has 0 atom stereocenters. The average molecular weight is 194 g/mol. The Morgan fingerprint density at radius 1 is 1.00 bits per heavy atom. The molecule has 0 N–H and O–H groups in total. The molecule has 0 amide bonds. The van der Waals surface area contributed by atoms with E-state index in [1.807, 2.05) is 30.3 Å². The van der Waals surface area contributed by atoms with Crippen LogP contribution in [-0.2, 0) is 0 Å². The summed E-state index contributed by atoms with van der Waals surface area (Å²) in [5.41, 5.74) is 1.87. The van der Waals surface area contributed by atoms with Gasteiger partial charge in [0.25, 0.3) is 0 Å². The predicted octanol–water partition coefficient (Wildman–Crippen LogP) is 2.52. The zero-order chi connectivity index (χ0) is 10.5. The smallest absolute Gasteiger partial charge is 0.159 e.